The highest BCUT2D eigenvalue weighted by atomic mass is 16.5. The van der Waals surface area contributed by atoms with Crippen LogP contribution in [0.25, 0.3) is 10.9 Å². The number of aromatic amines is 1. The minimum Gasteiger partial charge on any atom is -0.858 e. The lowest BCUT2D eigenvalue weighted by atomic mass is 9.77. The lowest BCUT2D eigenvalue weighted by Gasteiger charge is -2.39. The van der Waals surface area contributed by atoms with Crippen LogP contribution < -0.4 is 10.0 Å². The Bertz CT molecular complexity index is 1240. The summed E-state index contributed by atoms with van der Waals surface area (Å²) in [6.45, 7) is 2.18. The molecule has 0 amide bonds. The van der Waals surface area contributed by atoms with Gasteiger partial charge in [-0.2, -0.15) is 5.11 Å². The Balaban J connectivity index is 1.47. The van der Waals surface area contributed by atoms with Gasteiger partial charge in [-0.05, 0) is 67.0 Å². The lowest BCUT2D eigenvalue weighted by molar-refractivity contribution is -0.306. The average molecular weight is 442 g/mol. The molecule has 0 saturated heterocycles. The van der Waals surface area contributed by atoms with Gasteiger partial charge in [0.2, 0.25) is 0 Å². The number of fused-ring (bicyclic) bond motifs is 2. The van der Waals surface area contributed by atoms with Crippen molar-refractivity contribution < 1.29 is 9.84 Å². The van der Waals surface area contributed by atoms with Crippen molar-refractivity contribution in [3.05, 3.63) is 77.3 Å². The summed E-state index contributed by atoms with van der Waals surface area (Å²) < 4.78 is 5.43. The first-order valence-electron chi connectivity index (χ1n) is 12.0. The molecule has 6 rings (SSSR count). The smallest absolute Gasteiger partial charge is 0.114 e. The van der Waals surface area contributed by atoms with Crippen LogP contribution >= 0.6 is 0 Å². The number of allylic oxidation sites excluding steroid dienone is 3. The Morgan fingerprint density at radius 1 is 1.12 bits per heavy atom. The molecule has 2 aliphatic heterocycles. The maximum absolute atomic E-state index is 13.8. The van der Waals surface area contributed by atoms with Crippen molar-refractivity contribution in [3.63, 3.8) is 0 Å². The van der Waals surface area contributed by atoms with Crippen LogP contribution in [0.1, 0.15) is 39.0 Å². The van der Waals surface area contributed by atoms with Crippen molar-refractivity contribution in [2.45, 2.75) is 45.1 Å². The number of nitrogens with one attached hydrogen (secondary N) is 1. The molecule has 1 aromatic carbocycles. The molecule has 4 aliphatic rings. The minimum atomic E-state index is -0.0187. The second-order valence-corrected chi connectivity index (χ2v) is 9.63. The average Bonchev–Trinajstić information content (AvgIpc) is 3.55. The monoisotopic (exact) mass is 441 g/mol. The Hall–Kier alpha value is -3.28. The number of methoxy groups -OCH3 is 1. The van der Waals surface area contributed by atoms with Gasteiger partial charge in [0.05, 0.1) is 18.8 Å². The van der Waals surface area contributed by atoms with E-state index in [0.29, 0.717) is 11.6 Å². The predicted molar refractivity (Wildman–Crippen MR) is 127 cm³/mol. The molecule has 2 aliphatic carbocycles. The Kier molecular flexibility index (Phi) is 4.89. The predicted octanol–water partition coefficient (Wildman–Crippen LogP) is 5.54. The number of anilines is 1. The molecule has 2 unspecified atom stereocenters. The van der Waals surface area contributed by atoms with E-state index in [0.717, 1.165) is 46.5 Å². The van der Waals surface area contributed by atoms with Crippen molar-refractivity contribution in [1.29, 1.82) is 0 Å². The first-order chi connectivity index (χ1) is 16.2. The summed E-state index contributed by atoms with van der Waals surface area (Å²) in [5, 5.41) is 23.9. The fourth-order valence-corrected chi connectivity index (χ4v) is 6.03. The van der Waals surface area contributed by atoms with E-state index in [1.54, 1.807) is 7.11 Å². The van der Waals surface area contributed by atoms with Gasteiger partial charge in [0, 0.05) is 34.3 Å². The number of ether oxygens (including phenoxy) is 1. The van der Waals surface area contributed by atoms with E-state index in [4.69, 9.17) is 4.74 Å². The molecular formula is C27H29N4O2-. The molecule has 1 N–H and O–H groups in total. The van der Waals surface area contributed by atoms with Crippen LogP contribution in [0, 0.1) is 17.8 Å². The van der Waals surface area contributed by atoms with E-state index >= 15 is 0 Å². The SMILES string of the molecule is COC1=C[C@@H](C)C(C2=C3C(=C([O-])N(c4ccc5[nH]ccc5c4)C3C3CCCCC3)N=N2)C=C1. The highest BCUT2D eigenvalue weighted by molar-refractivity contribution is 5.84. The quantitative estimate of drug-likeness (QED) is 0.677. The third kappa shape index (κ3) is 3.23. The summed E-state index contributed by atoms with van der Waals surface area (Å²) in [5.74, 6) is 1.58. The zero-order valence-electron chi connectivity index (χ0n) is 19.1. The molecule has 170 valence electrons. The summed E-state index contributed by atoms with van der Waals surface area (Å²) in [5.41, 5.74) is 4.57. The Morgan fingerprint density at radius 2 is 1.97 bits per heavy atom. The molecule has 1 fully saturated rings. The lowest BCUT2D eigenvalue weighted by Crippen LogP contribution is -2.41. The maximum Gasteiger partial charge on any atom is 0.114 e. The third-order valence-electron chi connectivity index (χ3n) is 7.71. The third-order valence-corrected chi connectivity index (χ3v) is 7.71. The number of nitrogens with zero attached hydrogens (tertiary/aromatic N) is 3. The van der Waals surface area contributed by atoms with Crippen molar-refractivity contribution >= 4 is 16.6 Å². The summed E-state index contributed by atoms with van der Waals surface area (Å²) in [6.07, 6.45) is 14.2. The molecule has 0 bridgehead atoms. The molecule has 0 spiro atoms. The van der Waals surface area contributed by atoms with Gasteiger partial charge in [-0.25, -0.2) is 0 Å². The molecule has 1 aromatic heterocycles. The van der Waals surface area contributed by atoms with Crippen LogP contribution in [0.15, 0.2) is 87.5 Å². The fourth-order valence-electron chi connectivity index (χ4n) is 6.03. The van der Waals surface area contributed by atoms with Crippen LogP contribution in [0.4, 0.5) is 5.69 Å². The molecule has 33 heavy (non-hydrogen) atoms. The first-order valence-corrected chi connectivity index (χ1v) is 12.0. The Morgan fingerprint density at radius 3 is 2.76 bits per heavy atom. The van der Waals surface area contributed by atoms with Crippen molar-refractivity contribution in [2.24, 2.45) is 28.0 Å². The van der Waals surface area contributed by atoms with Crippen LogP contribution in [0.2, 0.25) is 0 Å². The number of hydrogen-bond donors (Lipinski definition) is 1. The topological polar surface area (TPSA) is 76.0 Å². The van der Waals surface area contributed by atoms with Crippen molar-refractivity contribution in [1.82, 2.24) is 4.98 Å². The zero-order valence-corrected chi connectivity index (χ0v) is 19.1. The molecule has 2 aromatic rings. The fraction of sp³-hybridized carbons (Fsp3) is 0.407. The second kappa shape index (κ2) is 7.94. The molecule has 6 nitrogen and oxygen atoms in total. The summed E-state index contributed by atoms with van der Waals surface area (Å²) in [6, 6.07) is 8.29. The summed E-state index contributed by atoms with van der Waals surface area (Å²) in [7, 11) is 1.69. The van der Waals surface area contributed by atoms with E-state index in [9.17, 15) is 5.11 Å². The minimum absolute atomic E-state index is 0.0115. The van der Waals surface area contributed by atoms with Crippen molar-refractivity contribution in [2.75, 3.05) is 12.0 Å². The highest BCUT2D eigenvalue weighted by Crippen LogP contribution is 2.50. The molecule has 1 saturated carbocycles. The van der Waals surface area contributed by atoms with E-state index in [-0.39, 0.29) is 23.8 Å². The van der Waals surface area contributed by atoms with Gasteiger partial charge in [0.1, 0.15) is 11.5 Å². The maximum atomic E-state index is 13.8. The van der Waals surface area contributed by atoms with Gasteiger partial charge in [-0.3, -0.25) is 0 Å². The zero-order chi connectivity index (χ0) is 22.5. The Labute approximate surface area is 194 Å². The van der Waals surface area contributed by atoms with Gasteiger partial charge in [-0.15, -0.1) is 5.11 Å². The molecule has 6 heteroatoms. The molecule has 0 radical (unpaired) electrons. The number of benzene rings is 1. The van der Waals surface area contributed by atoms with E-state index in [1.165, 1.54) is 19.3 Å². The van der Waals surface area contributed by atoms with Gasteiger partial charge < -0.3 is 19.7 Å². The van der Waals surface area contributed by atoms with Crippen LogP contribution in [0.3, 0.4) is 0 Å². The molecule has 3 atom stereocenters. The van der Waals surface area contributed by atoms with Crippen LogP contribution in [-0.2, 0) is 4.74 Å². The number of aromatic nitrogens is 1. The van der Waals surface area contributed by atoms with Gasteiger partial charge in [0.15, 0.2) is 0 Å². The number of H-pyrrole nitrogens is 1. The molecular weight excluding hydrogens is 412 g/mol. The standard InChI is InChI=1S/C27H30N4O2/c1-16-14-20(33-2)9-10-21(16)24-23-25(30-29-24)27(32)31(26(23)17-6-4-3-5-7-17)19-8-11-22-18(15-19)12-13-28-22/h8-17,21,26,28,32H,3-7H2,1-2H3/p-1/t16-,21?,26?/m1/s1. The van der Waals surface area contributed by atoms with Crippen LogP contribution in [0.5, 0.6) is 0 Å². The van der Waals surface area contributed by atoms with E-state index < -0.39 is 0 Å². The van der Waals surface area contributed by atoms with E-state index in [1.807, 2.05) is 17.2 Å². The number of azo groups is 1. The highest BCUT2D eigenvalue weighted by Gasteiger charge is 2.44. The summed E-state index contributed by atoms with van der Waals surface area (Å²) in [4.78, 5) is 5.26. The largest absolute Gasteiger partial charge is 0.858 e. The van der Waals surface area contributed by atoms with E-state index in [2.05, 4.69) is 58.6 Å². The number of hydrogen-bond acceptors (Lipinski definition) is 5. The van der Waals surface area contributed by atoms with Crippen molar-refractivity contribution in [3.8, 4) is 0 Å². The van der Waals surface area contributed by atoms with Gasteiger partial charge in [0.25, 0.3) is 0 Å². The van der Waals surface area contributed by atoms with Crippen LogP contribution in [-0.4, -0.2) is 18.1 Å². The molecule has 3 heterocycles. The number of rotatable bonds is 4. The van der Waals surface area contributed by atoms with Gasteiger partial charge >= 0.3 is 0 Å². The van der Waals surface area contributed by atoms with Gasteiger partial charge in [-0.1, -0.05) is 32.3 Å². The first kappa shape index (κ1) is 20.3. The second-order valence-electron chi connectivity index (χ2n) is 9.63. The summed E-state index contributed by atoms with van der Waals surface area (Å²) >= 11 is 0. The normalized spacial score (nSPS) is 27.6.